The number of carbonyl (C=O) groups excluding carboxylic acids is 2. The Hall–Kier alpha value is -1.88. The maximum atomic E-state index is 11.9. The van der Waals surface area contributed by atoms with Gasteiger partial charge in [0.15, 0.2) is 0 Å². The fourth-order valence-electron chi connectivity index (χ4n) is 2.10. The lowest BCUT2D eigenvalue weighted by Gasteiger charge is -2.29. The predicted octanol–water partition coefficient (Wildman–Crippen LogP) is 0.717. The van der Waals surface area contributed by atoms with E-state index in [-0.39, 0.29) is 0 Å². The average Bonchev–Trinajstić information content (AvgIpc) is 3.20. The second-order valence-electron chi connectivity index (χ2n) is 4.25. The van der Waals surface area contributed by atoms with Crippen molar-refractivity contribution in [2.24, 2.45) is 0 Å². The normalized spacial score (nSPS) is 15.9. The lowest BCUT2D eigenvalue weighted by Crippen LogP contribution is -2.49. The van der Waals surface area contributed by atoms with Gasteiger partial charge in [-0.2, -0.15) is 0 Å². The van der Waals surface area contributed by atoms with Crippen molar-refractivity contribution in [1.82, 2.24) is 0 Å². The molecule has 0 aliphatic heterocycles. The zero-order chi connectivity index (χ0) is 13.2. The van der Waals surface area contributed by atoms with E-state index in [1.54, 1.807) is 24.3 Å². The van der Waals surface area contributed by atoms with Gasteiger partial charge in [0.1, 0.15) is 12.1 Å². The number of carbonyl (C=O) groups is 2. The molecule has 1 aromatic rings. The van der Waals surface area contributed by atoms with Crippen LogP contribution in [-0.4, -0.2) is 36.2 Å². The maximum Gasteiger partial charge on any atom is 0.332 e. The average molecular weight is 249 g/mol. The molecule has 5 nitrogen and oxygen atoms in total. The number of methoxy groups -OCH3 is 1. The number of benzene rings is 1. The molecule has 96 valence electrons. The first kappa shape index (κ1) is 12.6. The fourth-order valence-corrected chi connectivity index (χ4v) is 2.10. The van der Waals surface area contributed by atoms with Crippen LogP contribution in [0.4, 0.5) is 5.69 Å². The number of amides is 1. The maximum absolute atomic E-state index is 11.9. The molecule has 0 atom stereocenters. The number of esters is 1. The van der Waals surface area contributed by atoms with Crippen LogP contribution in [0.1, 0.15) is 12.8 Å². The topological polar surface area (TPSA) is 66.8 Å². The Morgan fingerprint density at radius 3 is 2.39 bits per heavy atom. The van der Waals surface area contributed by atoms with Crippen LogP contribution in [-0.2, 0) is 14.3 Å². The van der Waals surface area contributed by atoms with E-state index in [0.29, 0.717) is 18.5 Å². The number of aliphatic hydroxyl groups excluding tert-OH is 1. The highest BCUT2D eigenvalue weighted by atomic mass is 16.5. The Balaban J connectivity index is 2.39. The summed E-state index contributed by atoms with van der Waals surface area (Å²) in [5.74, 6) is -0.933. The molecule has 2 rings (SSSR count). The molecule has 0 bridgehead atoms. The van der Waals surface area contributed by atoms with Gasteiger partial charge in [0, 0.05) is 5.69 Å². The molecule has 18 heavy (non-hydrogen) atoms. The monoisotopic (exact) mass is 249 g/mol. The van der Waals surface area contributed by atoms with Crippen molar-refractivity contribution in [2.45, 2.75) is 18.4 Å². The van der Waals surface area contributed by atoms with E-state index in [9.17, 15) is 9.59 Å². The number of ether oxygens (including phenoxy) is 1. The van der Waals surface area contributed by atoms with Crippen LogP contribution in [0.2, 0.25) is 0 Å². The predicted molar refractivity (Wildman–Crippen MR) is 65.0 cm³/mol. The Morgan fingerprint density at radius 2 is 1.94 bits per heavy atom. The van der Waals surface area contributed by atoms with Gasteiger partial charge in [-0.15, -0.1) is 0 Å². The Labute approximate surface area is 105 Å². The summed E-state index contributed by atoms with van der Waals surface area (Å²) in [5.41, 5.74) is -0.338. The van der Waals surface area contributed by atoms with Crippen LogP contribution in [0.25, 0.3) is 0 Å². The summed E-state index contributed by atoms with van der Waals surface area (Å²) in [4.78, 5) is 25.1. The summed E-state index contributed by atoms with van der Waals surface area (Å²) in [6, 6.07) is 8.84. The van der Waals surface area contributed by atoms with Crippen molar-refractivity contribution in [3.05, 3.63) is 30.3 Å². The van der Waals surface area contributed by atoms with Crippen LogP contribution in [0.15, 0.2) is 30.3 Å². The van der Waals surface area contributed by atoms with Gasteiger partial charge in [-0.1, -0.05) is 18.2 Å². The molecule has 0 heterocycles. The zero-order valence-electron chi connectivity index (χ0n) is 10.1. The smallest absolute Gasteiger partial charge is 0.332 e. The largest absolute Gasteiger partial charge is 0.467 e. The summed E-state index contributed by atoms with van der Waals surface area (Å²) < 4.78 is 4.76. The molecular formula is C13H15NO4. The van der Waals surface area contributed by atoms with Crippen molar-refractivity contribution in [3.63, 3.8) is 0 Å². The molecule has 1 N–H and O–H groups in total. The lowest BCUT2D eigenvalue weighted by atomic mass is 10.1. The molecule has 1 amide bonds. The van der Waals surface area contributed by atoms with Crippen LogP contribution in [0.3, 0.4) is 0 Å². The molecule has 0 saturated heterocycles. The van der Waals surface area contributed by atoms with E-state index in [1.165, 1.54) is 12.0 Å². The minimum absolute atomic E-state index is 0.437. The van der Waals surface area contributed by atoms with Gasteiger partial charge >= 0.3 is 5.97 Å². The van der Waals surface area contributed by atoms with Gasteiger partial charge in [0.25, 0.3) is 5.91 Å². The third-order valence-electron chi connectivity index (χ3n) is 3.12. The Morgan fingerprint density at radius 1 is 1.33 bits per heavy atom. The Bertz CT molecular complexity index is 453. The molecule has 0 spiro atoms. The minimum atomic E-state index is -0.935. The third kappa shape index (κ3) is 1.97. The summed E-state index contributed by atoms with van der Waals surface area (Å²) in [5, 5.41) is 9.07. The number of nitrogens with zero attached hydrogens (tertiary/aromatic N) is 1. The molecule has 5 heteroatoms. The number of hydrogen-bond donors (Lipinski definition) is 1. The minimum Gasteiger partial charge on any atom is -0.467 e. The molecule has 0 radical (unpaired) electrons. The van der Waals surface area contributed by atoms with Crippen molar-refractivity contribution < 1.29 is 19.4 Å². The van der Waals surface area contributed by atoms with Gasteiger partial charge in [-0.3, -0.25) is 9.69 Å². The van der Waals surface area contributed by atoms with Crippen molar-refractivity contribution in [3.8, 4) is 0 Å². The van der Waals surface area contributed by atoms with Crippen LogP contribution >= 0.6 is 0 Å². The van der Waals surface area contributed by atoms with Gasteiger partial charge in [0.05, 0.1) is 7.11 Å². The second-order valence-corrected chi connectivity index (χ2v) is 4.25. The first-order chi connectivity index (χ1) is 8.65. The summed E-state index contributed by atoms with van der Waals surface area (Å²) >= 11 is 0. The van der Waals surface area contributed by atoms with Crippen LogP contribution < -0.4 is 4.90 Å². The molecule has 1 aromatic carbocycles. The summed E-state index contributed by atoms with van der Waals surface area (Å²) in [7, 11) is 1.30. The molecule has 1 saturated carbocycles. The first-order valence-corrected chi connectivity index (χ1v) is 5.73. The number of hydrogen-bond acceptors (Lipinski definition) is 4. The number of para-hydroxylation sites is 1. The van der Waals surface area contributed by atoms with Crippen LogP contribution in [0, 0.1) is 0 Å². The summed E-state index contributed by atoms with van der Waals surface area (Å²) in [6.45, 7) is -0.631. The third-order valence-corrected chi connectivity index (χ3v) is 3.12. The molecule has 0 unspecified atom stereocenters. The van der Waals surface area contributed by atoms with Gasteiger partial charge < -0.3 is 9.84 Å². The van der Waals surface area contributed by atoms with E-state index < -0.39 is 24.0 Å². The highest BCUT2D eigenvalue weighted by Crippen LogP contribution is 2.45. The van der Waals surface area contributed by atoms with E-state index >= 15 is 0 Å². The van der Waals surface area contributed by atoms with E-state index in [0.717, 1.165) is 0 Å². The number of anilines is 1. The van der Waals surface area contributed by atoms with E-state index in [2.05, 4.69) is 0 Å². The van der Waals surface area contributed by atoms with Crippen molar-refractivity contribution in [2.75, 3.05) is 18.6 Å². The Kier molecular flexibility index (Phi) is 3.34. The fraction of sp³-hybridized carbons (Fsp3) is 0.385. The van der Waals surface area contributed by atoms with Gasteiger partial charge in [-0.05, 0) is 25.0 Å². The van der Waals surface area contributed by atoms with Crippen molar-refractivity contribution >= 4 is 17.6 Å². The highest BCUT2D eigenvalue weighted by Gasteiger charge is 2.58. The second kappa shape index (κ2) is 4.78. The molecule has 1 aliphatic carbocycles. The molecular weight excluding hydrogens is 234 g/mol. The number of aliphatic hydroxyl groups is 1. The lowest BCUT2D eigenvalue weighted by molar-refractivity contribution is -0.145. The van der Waals surface area contributed by atoms with E-state index in [1.807, 2.05) is 6.07 Å². The van der Waals surface area contributed by atoms with Gasteiger partial charge in [-0.25, -0.2) is 4.79 Å². The van der Waals surface area contributed by atoms with Gasteiger partial charge in [0.2, 0.25) is 0 Å². The SMILES string of the molecule is COC(=O)C1(N(C(=O)CO)c2ccccc2)CC1. The molecule has 1 fully saturated rings. The molecule has 0 aromatic heterocycles. The number of rotatable bonds is 4. The molecule has 1 aliphatic rings. The van der Waals surface area contributed by atoms with Crippen molar-refractivity contribution in [1.29, 1.82) is 0 Å². The summed E-state index contributed by atoms with van der Waals surface area (Å²) in [6.07, 6.45) is 1.11. The standard InChI is InChI=1S/C13H15NO4/c1-18-12(17)13(7-8-13)14(11(16)9-15)10-5-3-2-4-6-10/h2-6,15H,7-9H2,1H3. The first-order valence-electron chi connectivity index (χ1n) is 5.73. The zero-order valence-corrected chi connectivity index (χ0v) is 10.1. The highest BCUT2D eigenvalue weighted by molar-refractivity contribution is 6.04. The quantitative estimate of drug-likeness (QED) is 0.798. The van der Waals surface area contributed by atoms with E-state index in [4.69, 9.17) is 9.84 Å². The van der Waals surface area contributed by atoms with Crippen LogP contribution in [0.5, 0.6) is 0 Å².